The first kappa shape index (κ1) is 6.37. The molecule has 4 heteroatoms. The zero-order valence-corrected chi connectivity index (χ0v) is 6.37. The van der Waals surface area contributed by atoms with E-state index in [2.05, 4.69) is 4.98 Å². The minimum atomic E-state index is 0.00199. The van der Waals surface area contributed by atoms with Gasteiger partial charge in [0, 0.05) is 0 Å². The van der Waals surface area contributed by atoms with Crippen molar-refractivity contribution in [3.05, 3.63) is 11.1 Å². The average Bonchev–Trinajstić information content (AvgIpc) is 2.64. The van der Waals surface area contributed by atoms with E-state index in [1.165, 1.54) is 0 Å². The second kappa shape index (κ2) is 1.77. The maximum absolute atomic E-state index is 9.38. The highest BCUT2D eigenvalue weighted by molar-refractivity contribution is 5.50. The summed E-state index contributed by atoms with van der Waals surface area (Å²) >= 11 is 0. The molecule has 0 spiro atoms. The SMILES string of the molecule is Oc1[nH]c(O)c2c1[C@@H]1CC[C@H]2O1. The molecule has 2 bridgehead atoms. The molecule has 3 rings (SSSR count). The van der Waals surface area contributed by atoms with E-state index >= 15 is 0 Å². The van der Waals surface area contributed by atoms with Gasteiger partial charge in [0.2, 0.25) is 0 Å². The van der Waals surface area contributed by atoms with Crippen molar-refractivity contribution >= 4 is 0 Å². The van der Waals surface area contributed by atoms with Gasteiger partial charge in [-0.1, -0.05) is 0 Å². The van der Waals surface area contributed by atoms with Crippen molar-refractivity contribution in [2.45, 2.75) is 25.0 Å². The van der Waals surface area contributed by atoms with Crippen LogP contribution in [0.2, 0.25) is 0 Å². The molecule has 0 amide bonds. The van der Waals surface area contributed by atoms with Crippen LogP contribution in [-0.2, 0) is 4.74 Å². The number of hydrogen-bond donors (Lipinski definition) is 3. The van der Waals surface area contributed by atoms with Crippen LogP contribution in [0.5, 0.6) is 11.8 Å². The molecule has 0 saturated carbocycles. The van der Waals surface area contributed by atoms with Crippen LogP contribution in [-0.4, -0.2) is 15.2 Å². The van der Waals surface area contributed by atoms with E-state index in [0.29, 0.717) is 0 Å². The Morgan fingerprint density at radius 3 is 2.08 bits per heavy atom. The fraction of sp³-hybridized carbons (Fsp3) is 0.500. The van der Waals surface area contributed by atoms with Crippen LogP contribution in [0.25, 0.3) is 0 Å². The molecule has 1 fully saturated rings. The second-order valence-electron chi connectivity index (χ2n) is 3.34. The molecule has 1 aromatic rings. The zero-order chi connectivity index (χ0) is 8.29. The Labute approximate surface area is 68.8 Å². The Bertz CT molecular complexity index is 314. The van der Waals surface area contributed by atoms with Crippen LogP contribution in [0.4, 0.5) is 0 Å². The number of hydrogen-bond acceptors (Lipinski definition) is 3. The smallest absolute Gasteiger partial charge is 0.197 e. The Morgan fingerprint density at radius 1 is 1.08 bits per heavy atom. The lowest BCUT2D eigenvalue weighted by molar-refractivity contribution is 0.0687. The summed E-state index contributed by atoms with van der Waals surface area (Å²) in [5.41, 5.74) is 1.53. The molecular formula is C8H9NO3. The van der Waals surface area contributed by atoms with Crippen molar-refractivity contribution in [1.29, 1.82) is 0 Å². The third kappa shape index (κ3) is 0.536. The molecular weight excluding hydrogens is 158 g/mol. The summed E-state index contributed by atoms with van der Waals surface area (Å²) in [7, 11) is 0. The summed E-state index contributed by atoms with van der Waals surface area (Å²) in [5, 5.41) is 18.8. The topological polar surface area (TPSA) is 65.5 Å². The largest absolute Gasteiger partial charge is 0.494 e. The normalized spacial score (nSPS) is 31.0. The highest BCUT2D eigenvalue weighted by atomic mass is 16.5. The second-order valence-corrected chi connectivity index (χ2v) is 3.34. The van der Waals surface area contributed by atoms with Crippen molar-refractivity contribution in [3.8, 4) is 11.8 Å². The summed E-state index contributed by atoms with van der Waals surface area (Å²) in [5.74, 6) is 0.129. The molecule has 0 unspecified atom stereocenters. The van der Waals surface area contributed by atoms with Crippen molar-refractivity contribution in [2.24, 2.45) is 0 Å². The quantitative estimate of drug-likeness (QED) is 0.546. The lowest BCUT2D eigenvalue weighted by atomic mass is 9.95. The number of aromatic amines is 1. The van der Waals surface area contributed by atoms with Crippen LogP contribution in [0, 0.1) is 0 Å². The standard InChI is InChI=1S/C8H9NO3/c10-7-5-3-1-2-4(12-3)6(5)8(11)9-7/h3-4,9-11H,1-2H2/t3-,4+. The first-order valence-electron chi connectivity index (χ1n) is 4.06. The molecule has 2 atom stereocenters. The minimum Gasteiger partial charge on any atom is -0.494 e. The molecule has 1 aromatic heterocycles. The third-order valence-electron chi connectivity index (χ3n) is 2.70. The average molecular weight is 167 g/mol. The van der Waals surface area contributed by atoms with Crippen LogP contribution < -0.4 is 0 Å². The highest BCUT2D eigenvalue weighted by Gasteiger charge is 2.43. The van der Waals surface area contributed by atoms with Gasteiger partial charge in [-0.25, -0.2) is 0 Å². The van der Waals surface area contributed by atoms with Gasteiger partial charge in [-0.05, 0) is 12.8 Å². The van der Waals surface area contributed by atoms with Crippen LogP contribution in [0.1, 0.15) is 36.2 Å². The van der Waals surface area contributed by atoms with Gasteiger partial charge in [-0.15, -0.1) is 0 Å². The van der Waals surface area contributed by atoms with Gasteiger partial charge < -0.3 is 14.9 Å². The monoisotopic (exact) mass is 167 g/mol. The summed E-state index contributed by atoms with van der Waals surface area (Å²) < 4.78 is 5.50. The predicted molar refractivity (Wildman–Crippen MR) is 39.9 cm³/mol. The first-order chi connectivity index (χ1) is 5.77. The summed E-state index contributed by atoms with van der Waals surface area (Å²) in [6.45, 7) is 0. The summed E-state index contributed by atoms with van der Waals surface area (Å²) in [6.07, 6.45) is 1.90. The Kier molecular flexibility index (Phi) is 0.939. The lowest BCUT2D eigenvalue weighted by Crippen LogP contribution is -1.93. The fourth-order valence-corrected chi connectivity index (χ4v) is 2.22. The first-order valence-corrected chi connectivity index (χ1v) is 4.06. The van der Waals surface area contributed by atoms with E-state index in [4.69, 9.17) is 4.74 Å². The van der Waals surface area contributed by atoms with Crippen molar-refractivity contribution in [1.82, 2.24) is 4.98 Å². The number of H-pyrrole nitrogens is 1. The lowest BCUT2D eigenvalue weighted by Gasteiger charge is -2.04. The van der Waals surface area contributed by atoms with Gasteiger partial charge in [0.25, 0.3) is 0 Å². The molecule has 2 aliphatic heterocycles. The molecule has 4 nitrogen and oxygen atoms in total. The van der Waals surface area contributed by atoms with Gasteiger partial charge in [0.1, 0.15) is 0 Å². The Balaban J connectivity index is 2.28. The van der Waals surface area contributed by atoms with Crippen LogP contribution >= 0.6 is 0 Å². The minimum absolute atomic E-state index is 0.00199. The van der Waals surface area contributed by atoms with E-state index in [-0.39, 0.29) is 24.0 Å². The number of rotatable bonds is 0. The summed E-state index contributed by atoms with van der Waals surface area (Å²) in [6, 6.07) is 0. The van der Waals surface area contributed by atoms with E-state index in [0.717, 1.165) is 24.0 Å². The maximum Gasteiger partial charge on any atom is 0.197 e. The van der Waals surface area contributed by atoms with Gasteiger partial charge in [0.15, 0.2) is 11.8 Å². The van der Waals surface area contributed by atoms with Crippen molar-refractivity contribution in [3.63, 3.8) is 0 Å². The number of nitrogens with one attached hydrogen (secondary N) is 1. The van der Waals surface area contributed by atoms with Gasteiger partial charge in [-0.3, -0.25) is 4.98 Å². The van der Waals surface area contributed by atoms with E-state index < -0.39 is 0 Å². The molecule has 0 aromatic carbocycles. The van der Waals surface area contributed by atoms with Gasteiger partial charge in [0.05, 0.1) is 23.3 Å². The number of aromatic nitrogens is 1. The molecule has 12 heavy (non-hydrogen) atoms. The molecule has 1 saturated heterocycles. The van der Waals surface area contributed by atoms with Crippen molar-refractivity contribution in [2.75, 3.05) is 0 Å². The van der Waals surface area contributed by atoms with Crippen LogP contribution in [0.3, 0.4) is 0 Å². The molecule has 2 aliphatic rings. The zero-order valence-electron chi connectivity index (χ0n) is 6.37. The van der Waals surface area contributed by atoms with Crippen LogP contribution in [0.15, 0.2) is 0 Å². The van der Waals surface area contributed by atoms with Crippen molar-refractivity contribution < 1.29 is 14.9 Å². The highest BCUT2D eigenvalue weighted by Crippen LogP contribution is 2.56. The molecule has 64 valence electrons. The van der Waals surface area contributed by atoms with Gasteiger partial charge in [-0.2, -0.15) is 0 Å². The maximum atomic E-state index is 9.38. The number of aromatic hydroxyl groups is 2. The van der Waals surface area contributed by atoms with E-state index in [1.54, 1.807) is 0 Å². The number of fused-ring (bicyclic) bond motifs is 5. The van der Waals surface area contributed by atoms with E-state index in [9.17, 15) is 10.2 Å². The van der Waals surface area contributed by atoms with Gasteiger partial charge >= 0.3 is 0 Å². The Morgan fingerprint density at radius 2 is 1.58 bits per heavy atom. The predicted octanol–water partition coefficient (Wildman–Crippen LogP) is 1.33. The van der Waals surface area contributed by atoms with E-state index in [1.807, 2.05) is 0 Å². The molecule has 3 N–H and O–H groups in total. The Hall–Kier alpha value is -1.16. The number of ether oxygens (including phenoxy) is 1. The molecule has 3 heterocycles. The fourth-order valence-electron chi connectivity index (χ4n) is 2.22. The third-order valence-corrected chi connectivity index (χ3v) is 2.70. The molecule has 0 radical (unpaired) electrons. The summed E-state index contributed by atoms with van der Waals surface area (Å²) in [4.78, 5) is 2.51. The molecule has 0 aliphatic carbocycles.